The molecule has 0 aliphatic rings. The van der Waals surface area contributed by atoms with Crippen LogP contribution in [-0.2, 0) is 23.9 Å². The molecule has 0 spiro atoms. The molecule has 4 heteroatoms. The van der Waals surface area contributed by atoms with E-state index in [1.807, 2.05) is 24.3 Å². The fraction of sp³-hybridized carbons (Fsp3) is 0.250. The smallest absolute Gasteiger partial charge is 0.380 e. The van der Waals surface area contributed by atoms with E-state index in [1.165, 1.54) is 12.1 Å². The van der Waals surface area contributed by atoms with Crippen LogP contribution in [-0.4, -0.2) is 7.11 Å². The molecule has 0 heterocycles. The van der Waals surface area contributed by atoms with E-state index in [4.69, 9.17) is 4.74 Å². The van der Waals surface area contributed by atoms with Crippen molar-refractivity contribution in [1.82, 2.24) is 0 Å². The fourth-order valence-corrected chi connectivity index (χ4v) is 1.97. The summed E-state index contributed by atoms with van der Waals surface area (Å²) in [4.78, 5) is 0. The normalized spacial score (nSPS) is 11.6. The second kappa shape index (κ2) is 6.09. The molecule has 0 saturated carbocycles. The zero-order valence-corrected chi connectivity index (χ0v) is 11.1. The van der Waals surface area contributed by atoms with Crippen molar-refractivity contribution in [3.63, 3.8) is 0 Å². The van der Waals surface area contributed by atoms with Crippen molar-refractivity contribution < 1.29 is 17.9 Å². The van der Waals surface area contributed by atoms with E-state index in [0.29, 0.717) is 13.0 Å². The van der Waals surface area contributed by atoms with Gasteiger partial charge >= 0.3 is 6.18 Å². The Morgan fingerprint density at radius 3 is 1.70 bits per heavy atom. The second-order valence-electron chi connectivity index (χ2n) is 4.62. The van der Waals surface area contributed by atoms with Gasteiger partial charge in [-0.2, -0.15) is 13.2 Å². The van der Waals surface area contributed by atoms with Crippen molar-refractivity contribution in [3.05, 3.63) is 70.8 Å². The van der Waals surface area contributed by atoms with Crippen LogP contribution in [0.4, 0.5) is 13.2 Å². The van der Waals surface area contributed by atoms with E-state index >= 15 is 0 Å². The van der Waals surface area contributed by atoms with Crippen LogP contribution in [0.3, 0.4) is 0 Å². The predicted octanol–water partition coefficient (Wildman–Crippen LogP) is 4.44. The molecule has 0 bridgehead atoms. The molecule has 0 N–H and O–H groups in total. The summed E-state index contributed by atoms with van der Waals surface area (Å²) >= 11 is 0. The number of alkyl halides is 3. The third kappa shape index (κ3) is 3.84. The average molecular weight is 280 g/mol. The molecule has 0 fully saturated rings. The Labute approximate surface area is 116 Å². The highest BCUT2D eigenvalue weighted by molar-refractivity contribution is 5.31. The molecule has 0 unspecified atom stereocenters. The van der Waals surface area contributed by atoms with Crippen molar-refractivity contribution in [2.45, 2.75) is 19.2 Å². The van der Waals surface area contributed by atoms with Gasteiger partial charge in [0.25, 0.3) is 0 Å². The van der Waals surface area contributed by atoms with Gasteiger partial charge in [0.05, 0.1) is 12.2 Å². The van der Waals surface area contributed by atoms with Gasteiger partial charge in [-0.25, -0.2) is 0 Å². The Balaban J connectivity index is 2.06. The first kappa shape index (κ1) is 14.6. The van der Waals surface area contributed by atoms with Gasteiger partial charge in [-0.15, -0.1) is 0 Å². The Hall–Kier alpha value is -1.81. The predicted molar refractivity (Wildman–Crippen MR) is 71.4 cm³/mol. The molecule has 2 aromatic carbocycles. The van der Waals surface area contributed by atoms with Crippen molar-refractivity contribution in [2.75, 3.05) is 7.11 Å². The summed E-state index contributed by atoms with van der Waals surface area (Å²) in [7, 11) is 1.64. The highest BCUT2D eigenvalue weighted by Gasteiger charge is 2.29. The Bertz CT molecular complexity index is 541. The summed E-state index contributed by atoms with van der Waals surface area (Å²) in [5.74, 6) is 0. The molecule has 0 aliphatic carbocycles. The molecule has 0 aromatic heterocycles. The Kier molecular flexibility index (Phi) is 4.45. The first-order valence-electron chi connectivity index (χ1n) is 6.22. The molecule has 1 nitrogen and oxygen atoms in total. The molecule has 2 aromatic rings. The van der Waals surface area contributed by atoms with Gasteiger partial charge in [-0.05, 0) is 35.2 Å². The summed E-state index contributed by atoms with van der Waals surface area (Å²) in [6, 6.07) is 13.1. The number of benzene rings is 2. The molecule has 106 valence electrons. The molecule has 20 heavy (non-hydrogen) atoms. The van der Waals surface area contributed by atoms with Crippen molar-refractivity contribution in [2.24, 2.45) is 0 Å². The lowest BCUT2D eigenvalue weighted by atomic mass is 10.0. The quantitative estimate of drug-likeness (QED) is 0.804. The highest BCUT2D eigenvalue weighted by Crippen LogP contribution is 2.29. The SMILES string of the molecule is COCc1ccc(Cc2ccc(C(F)(F)F)cc2)cc1. The van der Waals surface area contributed by atoms with E-state index in [-0.39, 0.29) is 0 Å². The van der Waals surface area contributed by atoms with Gasteiger partial charge in [0, 0.05) is 7.11 Å². The maximum Gasteiger partial charge on any atom is 0.416 e. The molecule has 2 rings (SSSR count). The summed E-state index contributed by atoms with van der Waals surface area (Å²) in [5, 5.41) is 0. The molecule has 0 amide bonds. The summed E-state index contributed by atoms with van der Waals surface area (Å²) in [6.07, 6.45) is -3.66. The first-order chi connectivity index (χ1) is 9.49. The molecule has 0 aliphatic heterocycles. The lowest BCUT2D eigenvalue weighted by Crippen LogP contribution is -2.04. The molecular weight excluding hydrogens is 265 g/mol. The minimum Gasteiger partial charge on any atom is -0.380 e. The van der Waals surface area contributed by atoms with Crippen LogP contribution in [0.25, 0.3) is 0 Å². The lowest BCUT2D eigenvalue weighted by Gasteiger charge is -2.08. The number of ether oxygens (including phenoxy) is 1. The van der Waals surface area contributed by atoms with E-state index in [2.05, 4.69) is 0 Å². The minimum absolute atomic E-state index is 0.556. The molecule has 0 saturated heterocycles. The highest BCUT2D eigenvalue weighted by atomic mass is 19.4. The van der Waals surface area contributed by atoms with Crippen LogP contribution in [0.15, 0.2) is 48.5 Å². The molecule has 0 radical (unpaired) electrons. The topological polar surface area (TPSA) is 9.23 Å². The average Bonchev–Trinajstić information content (AvgIpc) is 2.41. The zero-order valence-electron chi connectivity index (χ0n) is 11.1. The summed E-state index contributed by atoms with van der Waals surface area (Å²) in [5.41, 5.74) is 2.38. The van der Waals surface area contributed by atoms with Crippen LogP contribution >= 0.6 is 0 Å². The largest absolute Gasteiger partial charge is 0.416 e. The maximum absolute atomic E-state index is 12.5. The van der Waals surface area contributed by atoms with Crippen molar-refractivity contribution in [3.8, 4) is 0 Å². The second-order valence-corrected chi connectivity index (χ2v) is 4.62. The summed E-state index contributed by atoms with van der Waals surface area (Å²) < 4.78 is 42.4. The van der Waals surface area contributed by atoms with Crippen molar-refractivity contribution in [1.29, 1.82) is 0 Å². The minimum atomic E-state index is -4.28. The zero-order chi connectivity index (χ0) is 14.6. The first-order valence-corrected chi connectivity index (χ1v) is 6.22. The van der Waals surface area contributed by atoms with Gasteiger partial charge < -0.3 is 4.74 Å². The number of halogens is 3. The van der Waals surface area contributed by atoms with E-state index in [1.54, 1.807) is 7.11 Å². The van der Waals surface area contributed by atoms with Crippen LogP contribution in [0, 0.1) is 0 Å². The number of methoxy groups -OCH3 is 1. The van der Waals surface area contributed by atoms with Crippen LogP contribution < -0.4 is 0 Å². The van der Waals surface area contributed by atoms with Crippen molar-refractivity contribution >= 4 is 0 Å². The standard InChI is InChI=1S/C16H15F3O/c1-20-11-14-4-2-12(3-5-14)10-13-6-8-15(9-7-13)16(17,18)19/h2-9H,10-11H2,1H3. The van der Waals surface area contributed by atoms with Gasteiger partial charge in [-0.3, -0.25) is 0 Å². The Morgan fingerprint density at radius 2 is 1.25 bits per heavy atom. The lowest BCUT2D eigenvalue weighted by molar-refractivity contribution is -0.137. The van der Waals surface area contributed by atoms with Gasteiger partial charge in [0.15, 0.2) is 0 Å². The fourth-order valence-electron chi connectivity index (χ4n) is 1.97. The number of hydrogen-bond acceptors (Lipinski definition) is 1. The van der Waals surface area contributed by atoms with Crippen LogP contribution in [0.1, 0.15) is 22.3 Å². The monoisotopic (exact) mass is 280 g/mol. The van der Waals surface area contributed by atoms with Gasteiger partial charge in [0.1, 0.15) is 0 Å². The molecular formula is C16H15F3O. The molecule has 0 atom stereocenters. The maximum atomic E-state index is 12.5. The number of hydrogen-bond donors (Lipinski definition) is 0. The van der Waals surface area contributed by atoms with Crippen LogP contribution in [0.2, 0.25) is 0 Å². The van der Waals surface area contributed by atoms with Gasteiger partial charge in [-0.1, -0.05) is 36.4 Å². The number of rotatable bonds is 4. The summed E-state index contributed by atoms with van der Waals surface area (Å²) in [6.45, 7) is 0.556. The third-order valence-corrected chi connectivity index (χ3v) is 3.02. The van der Waals surface area contributed by atoms with Crippen LogP contribution in [0.5, 0.6) is 0 Å². The third-order valence-electron chi connectivity index (χ3n) is 3.02. The van der Waals surface area contributed by atoms with E-state index < -0.39 is 11.7 Å². The Morgan fingerprint density at radius 1 is 0.800 bits per heavy atom. The van der Waals surface area contributed by atoms with Gasteiger partial charge in [0.2, 0.25) is 0 Å². The van der Waals surface area contributed by atoms with E-state index in [9.17, 15) is 13.2 Å². The van der Waals surface area contributed by atoms with E-state index in [0.717, 1.165) is 28.8 Å².